The molecule has 1 aliphatic rings. The van der Waals surface area contributed by atoms with Crippen LogP contribution in [0.3, 0.4) is 0 Å². The van der Waals surface area contributed by atoms with E-state index in [-0.39, 0.29) is 24.6 Å². The second kappa shape index (κ2) is 7.80. The number of fused-ring (bicyclic) bond motifs is 3. The molecule has 0 N–H and O–H groups in total. The summed E-state index contributed by atoms with van der Waals surface area (Å²) in [6, 6.07) is -0.966. The van der Waals surface area contributed by atoms with Crippen LogP contribution in [0.4, 0.5) is 0 Å². The van der Waals surface area contributed by atoms with Crippen LogP contribution in [0.25, 0.3) is 10.2 Å². The molecule has 0 amide bonds. The fourth-order valence-electron chi connectivity index (χ4n) is 3.47. The van der Waals surface area contributed by atoms with E-state index < -0.39 is 18.0 Å². The molecule has 8 heteroatoms. The fourth-order valence-corrected chi connectivity index (χ4v) is 4.84. The number of hydrogen-bond donors (Lipinski definition) is 0. The predicted molar refractivity (Wildman–Crippen MR) is 102 cm³/mol. The Morgan fingerprint density at radius 2 is 2.00 bits per heavy atom. The standard InChI is InChI=1S/C19H24N2O5S/c1-5-25-18(23)11(4)21-15(19(24)26-6-2)20-16-14(17(21)22)12-8-7-10(3)9-13(12)27-16/h10-11H,5-9H2,1-4H3. The van der Waals surface area contributed by atoms with Crippen molar-refractivity contribution in [2.45, 2.75) is 53.0 Å². The molecular formula is C19H24N2O5S. The molecule has 0 aliphatic heterocycles. The maximum atomic E-state index is 13.3. The number of aromatic nitrogens is 2. The number of thiophene rings is 1. The van der Waals surface area contributed by atoms with Crippen molar-refractivity contribution in [1.29, 1.82) is 0 Å². The molecule has 146 valence electrons. The summed E-state index contributed by atoms with van der Waals surface area (Å²) in [5.74, 6) is -0.895. The van der Waals surface area contributed by atoms with Gasteiger partial charge in [-0.1, -0.05) is 6.92 Å². The van der Waals surface area contributed by atoms with Crippen LogP contribution in [-0.2, 0) is 27.1 Å². The van der Waals surface area contributed by atoms with Gasteiger partial charge in [-0.3, -0.25) is 9.36 Å². The van der Waals surface area contributed by atoms with Crippen LogP contribution in [0.2, 0.25) is 0 Å². The summed E-state index contributed by atoms with van der Waals surface area (Å²) in [5, 5.41) is 0.520. The van der Waals surface area contributed by atoms with E-state index in [2.05, 4.69) is 11.9 Å². The van der Waals surface area contributed by atoms with Crippen LogP contribution in [0, 0.1) is 5.92 Å². The van der Waals surface area contributed by atoms with Gasteiger partial charge in [0.1, 0.15) is 10.9 Å². The quantitative estimate of drug-likeness (QED) is 0.727. The molecule has 0 saturated carbocycles. The van der Waals surface area contributed by atoms with Gasteiger partial charge >= 0.3 is 11.9 Å². The summed E-state index contributed by atoms with van der Waals surface area (Å²) >= 11 is 1.46. The van der Waals surface area contributed by atoms with Gasteiger partial charge in [0.05, 0.1) is 18.6 Å². The third kappa shape index (κ3) is 3.50. The van der Waals surface area contributed by atoms with Crippen LogP contribution < -0.4 is 5.56 Å². The topological polar surface area (TPSA) is 87.5 Å². The molecule has 0 aromatic carbocycles. The summed E-state index contributed by atoms with van der Waals surface area (Å²) in [6.07, 6.45) is 2.71. The van der Waals surface area contributed by atoms with Gasteiger partial charge in [-0.15, -0.1) is 11.3 Å². The number of carbonyl (C=O) groups is 2. The van der Waals surface area contributed by atoms with Crippen molar-refractivity contribution in [1.82, 2.24) is 9.55 Å². The Hall–Kier alpha value is -2.22. The molecule has 0 radical (unpaired) electrons. The normalized spacial score (nSPS) is 17.4. The minimum atomic E-state index is -0.966. The van der Waals surface area contributed by atoms with E-state index in [1.165, 1.54) is 18.3 Å². The lowest BCUT2D eigenvalue weighted by Crippen LogP contribution is -2.35. The van der Waals surface area contributed by atoms with Gasteiger partial charge in [-0.2, -0.15) is 0 Å². The molecule has 0 bridgehead atoms. The molecule has 27 heavy (non-hydrogen) atoms. The summed E-state index contributed by atoms with van der Waals surface area (Å²) in [7, 11) is 0. The van der Waals surface area contributed by atoms with Gasteiger partial charge in [0.25, 0.3) is 5.56 Å². The number of carbonyl (C=O) groups excluding carboxylic acids is 2. The average molecular weight is 392 g/mol. The summed E-state index contributed by atoms with van der Waals surface area (Å²) in [5.41, 5.74) is 0.626. The Kier molecular flexibility index (Phi) is 5.64. The van der Waals surface area contributed by atoms with E-state index in [0.29, 0.717) is 16.1 Å². The average Bonchev–Trinajstić information content (AvgIpc) is 2.99. The third-order valence-corrected chi connectivity index (χ3v) is 5.98. The number of esters is 2. The first-order valence-electron chi connectivity index (χ1n) is 9.29. The monoisotopic (exact) mass is 392 g/mol. The Bertz CT molecular complexity index is 946. The van der Waals surface area contributed by atoms with E-state index in [9.17, 15) is 14.4 Å². The van der Waals surface area contributed by atoms with Crippen molar-refractivity contribution in [2.24, 2.45) is 5.92 Å². The smallest absolute Gasteiger partial charge is 0.374 e. The first kappa shape index (κ1) is 19.5. The number of nitrogens with zero attached hydrogens (tertiary/aromatic N) is 2. The molecule has 2 aromatic rings. The number of rotatable bonds is 5. The van der Waals surface area contributed by atoms with Crippen LogP contribution >= 0.6 is 11.3 Å². The molecule has 2 heterocycles. The van der Waals surface area contributed by atoms with Crippen LogP contribution in [0.5, 0.6) is 0 Å². The first-order valence-corrected chi connectivity index (χ1v) is 10.1. The maximum Gasteiger partial charge on any atom is 0.374 e. The van der Waals surface area contributed by atoms with Crippen LogP contribution in [0.1, 0.15) is 61.2 Å². The number of hydrogen-bond acceptors (Lipinski definition) is 7. The van der Waals surface area contributed by atoms with Gasteiger partial charge in [0, 0.05) is 4.88 Å². The lowest BCUT2D eigenvalue weighted by Gasteiger charge is -2.19. The fraction of sp³-hybridized carbons (Fsp3) is 0.579. The zero-order valence-electron chi connectivity index (χ0n) is 16.0. The molecule has 2 aromatic heterocycles. The van der Waals surface area contributed by atoms with Crippen molar-refractivity contribution in [2.75, 3.05) is 13.2 Å². The highest BCUT2D eigenvalue weighted by Crippen LogP contribution is 2.36. The molecule has 1 aliphatic carbocycles. The SMILES string of the molecule is CCOC(=O)c1nc2sc3c(c2c(=O)n1C(C)C(=O)OCC)CCC(C)C3. The van der Waals surface area contributed by atoms with Crippen molar-refractivity contribution in [3.05, 3.63) is 26.6 Å². The minimum absolute atomic E-state index is 0.151. The van der Waals surface area contributed by atoms with Crippen molar-refractivity contribution >= 4 is 33.5 Å². The molecule has 0 fully saturated rings. The summed E-state index contributed by atoms with van der Waals surface area (Å²) < 4.78 is 11.3. The highest BCUT2D eigenvalue weighted by molar-refractivity contribution is 7.18. The Balaban J connectivity index is 2.25. The molecule has 2 unspecified atom stereocenters. The van der Waals surface area contributed by atoms with Crippen molar-refractivity contribution in [3.8, 4) is 0 Å². The highest BCUT2D eigenvalue weighted by atomic mass is 32.1. The lowest BCUT2D eigenvalue weighted by atomic mass is 9.89. The number of aryl methyl sites for hydroxylation is 1. The molecular weight excluding hydrogens is 368 g/mol. The lowest BCUT2D eigenvalue weighted by molar-refractivity contribution is -0.146. The van der Waals surface area contributed by atoms with Gasteiger partial charge in [-0.05, 0) is 51.5 Å². The largest absolute Gasteiger partial charge is 0.464 e. The second-order valence-corrected chi connectivity index (χ2v) is 7.87. The number of ether oxygens (including phenoxy) is 2. The Labute approximate surface area is 161 Å². The van der Waals surface area contributed by atoms with Crippen LogP contribution in [-0.4, -0.2) is 34.7 Å². The van der Waals surface area contributed by atoms with E-state index in [1.54, 1.807) is 13.8 Å². The van der Waals surface area contributed by atoms with Gasteiger partial charge in [-0.25, -0.2) is 14.6 Å². The van der Waals surface area contributed by atoms with E-state index >= 15 is 0 Å². The molecule has 7 nitrogen and oxygen atoms in total. The van der Waals surface area contributed by atoms with E-state index in [4.69, 9.17) is 9.47 Å². The van der Waals surface area contributed by atoms with Crippen LogP contribution in [0.15, 0.2) is 4.79 Å². The second-order valence-electron chi connectivity index (χ2n) is 6.79. The zero-order valence-corrected chi connectivity index (χ0v) is 16.9. The molecule has 2 atom stereocenters. The predicted octanol–water partition coefficient (Wildman–Crippen LogP) is 2.88. The highest BCUT2D eigenvalue weighted by Gasteiger charge is 2.30. The summed E-state index contributed by atoms with van der Waals surface area (Å²) in [4.78, 5) is 44.2. The maximum absolute atomic E-state index is 13.3. The first-order chi connectivity index (χ1) is 12.9. The van der Waals surface area contributed by atoms with Gasteiger partial charge in [0.15, 0.2) is 0 Å². The molecule has 0 spiro atoms. The molecule has 3 rings (SSSR count). The summed E-state index contributed by atoms with van der Waals surface area (Å²) in [6.45, 7) is 7.44. The minimum Gasteiger partial charge on any atom is -0.464 e. The van der Waals surface area contributed by atoms with E-state index in [0.717, 1.165) is 34.3 Å². The Morgan fingerprint density at radius 3 is 2.67 bits per heavy atom. The van der Waals surface area contributed by atoms with Crippen molar-refractivity contribution in [3.63, 3.8) is 0 Å². The van der Waals surface area contributed by atoms with Gasteiger partial charge in [0.2, 0.25) is 5.82 Å². The zero-order chi connectivity index (χ0) is 19.7. The Morgan fingerprint density at radius 1 is 1.30 bits per heavy atom. The third-order valence-electron chi connectivity index (χ3n) is 4.83. The van der Waals surface area contributed by atoms with Crippen molar-refractivity contribution < 1.29 is 19.1 Å². The molecule has 0 saturated heterocycles. The van der Waals surface area contributed by atoms with Gasteiger partial charge < -0.3 is 9.47 Å². The van der Waals surface area contributed by atoms with E-state index in [1.807, 2.05) is 0 Å².